The Kier molecular flexibility index (Phi) is 14.1. The van der Waals surface area contributed by atoms with Gasteiger partial charge in [0.2, 0.25) is 0 Å². The number of hydrogen-bond acceptors (Lipinski definition) is 5. The van der Waals surface area contributed by atoms with Gasteiger partial charge in [-0.25, -0.2) is 4.39 Å². The Balaban J connectivity index is 0.000000225. The quantitative estimate of drug-likeness (QED) is 0.478. The van der Waals surface area contributed by atoms with E-state index in [1.807, 2.05) is 74.5 Å². The molecule has 0 bridgehead atoms. The average Bonchev–Trinajstić information content (AvgIpc) is 2.89. The number of rotatable bonds is 8. The molecule has 5 nitrogen and oxygen atoms in total. The number of likely N-dealkylation sites (tertiary alicyclic amines) is 1. The van der Waals surface area contributed by atoms with Crippen LogP contribution in [0.15, 0.2) is 60.7 Å². The molecular weight excluding hydrogens is 450 g/mol. The molecule has 190 valence electrons. The van der Waals surface area contributed by atoms with Crippen LogP contribution in [0.3, 0.4) is 0 Å². The molecule has 34 heavy (non-hydrogen) atoms. The molecule has 1 unspecified atom stereocenters. The first-order valence-electron chi connectivity index (χ1n) is 12.5. The van der Waals surface area contributed by atoms with Crippen molar-refractivity contribution in [3.63, 3.8) is 0 Å². The number of hydrogen-bond donors (Lipinski definition) is 0. The van der Waals surface area contributed by atoms with E-state index in [0.29, 0.717) is 19.4 Å². The van der Waals surface area contributed by atoms with Crippen LogP contribution in [-0.4, -0.2) is 80.9 Å². The molecule has 7 heteroatoms. The number of ether oxygens (including phenoxy) is 3. The molecule has 0 aliphatic carbocycles. The third-order valence-corrected chi connectivity index (χ3v) is 6.21. The van der Waals surface area contributed by atoms with E-state index in [4.69, 9.17) is 14.2 Å². The zero-order chi connectivity index (χ0) is 24.5. The van der Waals surface area contributed by atoms with Gasteiger partial charge in [-0.3, -0.25) is 9.80 Å². The first kappa shape index (κ1) is 28.5. The molecule has 2 aliphatic heterocycles. The highest BCUT2D eigenvalue weighted by atomic mass is 31.0. The van der Waals surface area contributed by atoms with Crippen LogP contribution < -0.4 is 9.47 Å². The van der Waals surface area contributed by atoms with Crippen LogP contribution in [0.25, 0.3) is 0 Å². The van der Waals surface area contributed by atoms with Crippen LogP contribution in [0.1, 0.15) is 26.7 Å². The molecule has 1 atom stereocenters. The van der Waals surface area contributed by atoms with Crippen molar-refractivity contribution < 1.29 is 18.6 Å². The van der Waals surface area contributed by atoms with Gasteiger partial charge in [0.05, 0.1) is 13.2 Å². The van der Waals surface area contributed by atoms with Crippen molar-refractivity contribution in [2.45, 2.75) is 32.1 Å². The normalized spacial score (nSPS) is 18.0. The van der Waals surface area contributed by atoms with Crippen molar-refractivity contribution in [3.05, 3.63) is 60.7 Å². The Bertz CT molecular complexity index is 736. The van der Waals surface area contributed by atoms with E-state index in [1.54, 1.807) is 0 Å². The minimum atomic E-state index is -1.04. The number of nitrogens with zero attached hydrogens (tertiary/aromatic N) is 2. The largest absolute Gasteiger partial charge is 0.492 e. The van der Waals surface area contributed by atoms with Crippen molar-refractivity contribution in [3.8, 4) is 11.5 Å². The lowest BCUT2D eigenvalue weighted by atomic mass is 10.1. The molecule has 0 spiro atoms. The number of benzene rings is 2. The van der Waals surface area contributed by atoms with Crippen LogP contribution in [0.4, 0.5) is 4.39 Å². The Morgan fingerprint density at radius 2 is 1.18 bits per heavy atom. The molecule has 0 N–H and O–H groups in total. The monoisotopic (exact) mass is 492 g/mol. The molecule has 2 aromatic rings. The standard InChI is InChI=1S/C13H19FNOP.C12H17NO2.C2H6/c14-13(17)6-8-15(9-7-13)10-11-16-12-4-2-1-3-5-12;1-2-4-12(5-3-1)15-11-8-13-6-9-14-10-7-13;1-2/h1-5H,6-11,17H2;1-5H,6-11H2;1-2H3. The van der Waals surface area contributed by atoms with Crippen LogP contribution in [0, 0.1) is 0 Å². The topological polar surface area (TPSA) is 34.2 Å². The summed E-state index contributed by atoms with van der Waals surface area (Å²) in [7, 11) is 2.32. The van der Waals surface area contributed by atoms with E-state index in [2.05, 4.69) is 19.0 Å². The van der Waals surface area contributed by atoms with Crippen LogP contribution in [0.2, 0.25) is 0 Å². The maximum atomic E-state index is 13.5. The highest BCUT2D eigenvalue weighted by Crippen LogP contribution is 2.32. The van der Waals surface area contributed by atoms with Gasteiger partial charge < -0.3 is 14.2 Å². The summed E-state index contributed by atoms with van der Waals surface area (Å²) in [4.78, 5) is 4.62. The molecule has 0 aromatic heterocycles. The van der Waals surface area contributed by atoms with E-state index >= 15 is 0 Å². The minimum Gasteiger partial charge on any atom is -0.492 e. The summed E-state index contributed by atoms with van der Waals surface area (Å²) in [5, 5.41) is -1.04. The predicted molar refractivity (Wildman–Crippen MR) is 142 cm³/mol. The average molecular weight is 493 g/mol. The minimum absolute atomic E-state index is 0.600. The van der Waals surface area contributed by atoms with Gasteiger partial charge in [-0.1, -0.05) is 59.5 Å². The third kappa shape index (κ3) is 12.1. The van der Waals surface area contributed by atoms with Gasteiger partial charge in [0.1, 0.15) is 30.1 Å². The lowest BCUT2D eigenvalue weighted by molar-refractivity contribution is 0.0322. The maximum Gasteiger partial charge on any atom is 0.126 e. The Hall–Kier alpha value is -1.72. The fourth-order valence-corrected chi connectivity index (χ4v) is 3.85. The van der Waals surface area contributed by atoms with Gasteiger partial charge in [0.15, 0.2) is 0 Å². The predicted octanol–water partition coefficient (Wildman–Crippen LogP) is 5.13. The van der Waals surface area contributed by atoms with E-state index in [1.165, 1.54) is 0 Å². The zero-order valence-electron chi connectivity index (χ0n) is 20.8. The summed E-state index contributed by atoms with van der Waals surface area (Å²) >= 11 is 0. The molecule has 2 fully saturated rings. The fourth-order valence-electron chi connectivity index (χ4n) is 3.59. The molecule has 2 aromatic carbocycles. The molecule has 0 saturated carbocycles. The lowest BCUT2D eigenvalue weighted by Crippen LogP contribution is -2.40. The van der Waals surface area contributed by atoms with Crippen LogP contribution >= 0.6 is 9.24 Å². The van der Waals surface area contributed by atoms with E-state index in [-0.39, 0.29) is 0 Å². The van der Waals surface area contributed by atoms with Crippen molar-refractivity contribution in [2.75, 3.05) is 65.7 Å². The molecule has 4 rings (SSSR count). The van der Waals surface area contributed by atoms with Crippen molar-refractivity contribution in [1.29, 1.82) is 0 Å². The summed E-state index contributed by atoms with van der Waals surface area (Å²) in [6.07, 6.45) is 1.20. The molecule has 2 aliphatic rings. The van der Waals surface area contributed by atoms with Gasteiger partial charge in [0, 0.05) is 39.3 Å². The Morgan fingerprint density at radius 3 is 1.62 bits per heavy atom. The molecule has 2 heterocycles. The second-order valence-corrected chi connectivity index (χ2v) is 9.19. The SMILES string of the molecule is CC.FC1(P)CCN(CCOc2ccccc2)CC1.c1ccc(OCCN2CCOCC2)cc1. The van der Waals surface area contributed by atoms with Gasteiger partial charge in [-0.05, 0) is 37.1 Å². The first-order valence-corrected chi connectivity index (χ1v) is 13.0. The molecule has 0 amide bonds. The van der Waals surface area contributed by atoms with Gasteiger partial charge in [-0.15, -0.1) is 0 Å². The fraction of sp³-hybridized carbons (Fsp3) is 0.556. The van der Waals surface area contributed by atoms with Gasteiger partial charge in [0.25, 0.3) is 0 Å². The second kappa shape index (κ2) is 16.8. The van der Waals surface area contributed by atoms with Crippen LogP contribution in [-0.2, 0) is 4.74 Å². The Labute approximate surface area is 207 Å². The van der Waals surface area contributed by atoms with E-state index in [0.717, 1.165) is 70.6 Å². The molecular formula is C27H42FN2O3P. The van der Waals surface area contributed by atoms with Crippen molar-refractivity contribution in [2.24, 2.45) is 0 Å². The van der Waals surface area contributed by atoms with Crippen LogP contribution in [0.5, 0.6) is 11.5 Å². The summed E-state index contributed by atoms with van der Waals surface area (Å²) in [5.41, 5.74) is 0. The smallest absolute Gasteiger partial charge is 0.126 e. The lowest BCUT2D eigenvalue weighted by Gasteiger charge is -2.33. The van der Waals surface area contributed by atoms with Gasteiger partial charge >= 0.3 is 0 Å². The molecule has 0 radical (unpaired) electrons. The summed E-state index contributed by atoms with van der Waals surface area (Å²) in [5.74, 6) is 1.85. The third-order valence-electron chi connectivity index (χ3n) is 5.63. The van der Waals surface area contributed by atoms with Crippen molar-refractivity contribution in [1.82, 2.24) is 9.80 Å². The summed E-state index contributed by atoms with van der Waals surface area (Å²) in [6, 6.07) is 19.7. The number of morpholine rings is 1. The van der Waals surface area contributed by atoms with Crippen molar-refractivity contribution >= 4 is 9.24 Å². The number of para-hydroxylation sites is 2. The second-order valence-electron chi connectivity index (χ2n) is 8.15. The van der Waals surface area contributed by atoms with E-state index in [9.17, 15) is 4.39 Å². The van der Waals surface area contributed by atoms with E-state index < -0.39 is 5.41 Å². The summed E-state index contributed by atoms with van der Waals surface area (Å²) < 4.78 is 30.1. The highest BCUT2D eigenvalue weighted by Gasteiger charge is 2.29. The maximum absolute atomic E-state index is 13.5. The Morgan fingerprint density at radius 1 is 0.765 bits per heavy atom. The zero-order valence-corrected chi connectivity index (χ0v) is 22.0. The highest BCUT2D eigenvalue weighted by molar-refractivity contribution is 7.18. The number of piperidine rings is 1. The van der Waals surface area contributed by atoms with Gasteiger partial charge in [-0.2, -0.15) is 0 Å². The molecule has 2 saturated heterocycles. The number of halogens is 1. The number of alkyl halides is 1. The summed E-state index contributed by atoms with van der Waals surface area (Å²) in [6.45, 7) is 12.7. The first-order chi connectivity index (χ1) is 16.6.